The maximum absolute atomic E-state index is 11.9. The lowest BCUT2D eigenvalue weighted by Gasteiger charge is -2.20. The van der Waals surface area contributed by atoms with Gasteiger partial charge in [-0.15, -0.1) is 0 Å². The first-order valence-electron chi connectivity index (χ1n) is 11.1. The molecule has 0 bridgehead atoms. The Kier molecular flexibility index (Phi) is 18.4. The highest BCUT2D eigenvalue weighted by atomic mass is 31.2. The van der Waals surface area contributed by atoms with Gasteiger partial charge in [0.25, 0.3) is 0 Å². The Bertz CT molecular complexity index is 581. The number of hydrogen-bond donors (Lipinski definition) is 3. The van der Waals surface area contributed by atoms with Crippen LogP contribution in [0, 0.1) is 0 Å². The molecule has 0 heterocycles. The molecule has 32 heavy (non-hydrogen) atoms. The Hall–Kier alpha value is -1.29. The van der Waals surface area contributed by atoms with Gasteiger partial charge >= 0.3 is 19.8 Å². The van der Waals surface area contributed by atoms with Crippen molar-refractivity contribution in [3.63, 3.8) is 0 Å². The van der Waals surface area contributed by atoms with Crippen molar-refractivity contribution in [2.75, 3.05) is 26.4 Å². The number of carbonyl (C=O) groups is 2. The van der Waals surface area contributed by atoms with Crippen LogP contribution >= 0.6 is 7.82 Å². The second kappa shape index (κ2) is 19.2. The van der Waals surface area contributed by atoms with Gasteiger partial charge in [0.15, 0.2) is 0 Å². The average Bonchev–Trinajstić information content (AvgIpc) is 2.75. The Morgan fingerprint density at radius 3 is 1.97 bits per heavy atom. The molecule has 0 fully saturated rings. The Balaban J connectivity index is 4.03. The van der Waals surface area contributed by atoms with Gasteiger partial charge in [-0.3, -0.25) is 18.6 Å². The first-order valence-corrected chi connectivity index (χ1v) is 12.6. The largest absolute Gasteiger partial charge is 0.472 e. The summed E-state index contributed by atoms with van der Waals surface area (Å²) in [6.07, 6.45) is 10.5. The molecule has 0 aliphatic rings. The zero-order valence-corrected chi connectivity index (χ0v) is 20.0. The lowest BCUT2D eigenvalue weighted by molar-refractivity contribution is -0.153. The number of hydrogen-bond acceptors (Lipinski definition) is 9. The van der Waals surface area contributed by atoms with Crippen LogP contribution in [-0.4, -0.2) is 65.7 Å². The minimum absolute atomic E-state index is 0.181. The van der Waals surface area contributed by atoms with Crippen molar-refractivity contribution >= 4 is 19.8 Å². The van der Waals surface area contributed by atoms with Crippen LogP contribution < -0.4 is 0 Å². The molecule has 0 saturated carbocycles. The molecule has 0 aliphatic carbocycles. The van der Waals surface area contributed by atoms with Crippen LogP contribution in [0.2, 0.25) is 0 Å². The number of unbranched alkanes of at least 4 members (excludes halogenated alkanes) is 6. The summed E-state index contributed by atoms with van der Waals surface area (Å²) >= 11 is 0. The summed E-state index contributed by atoms with van der Waals surface area (Å²) in [5.41, 5.74) is 0. The number of phosphoric ester groups is 1. The summed E-state index contributed by atoms with van der Waals surface area (Å²) < 4.78 is 30.9. The summed E-state index contributed by atoms with van der Waals surface area (Å²) in [6.45, 7) is 0.942. The maximum Gasteiger partial charge on any atom is 0.472 e. The van der Waals surface area contributed by atoms with Crippen LogP contribution in [0.5, 0.6) is 0 Å². The zero-order valence-electron chi connectivity index (χ0n) is 19.1. The normalized spacial score (nSPS) is 15.3. The molecule has 3 unspecified atom stereocenters. The number of aliphatic hydroxyl groups excluding tert-OH is 2. The van der Waals surface area contributed by atoms with Gasteiger partial charge in [-0.2, -0.15) is 0 Å². The van der Waals surface area contributed by atoms with Gasteiger partial charge in [-0.25, -0.2) is 4.57 Å². The zero-order chi connectivity index (χ0) is 24.2. The molecule has 0 saturated heterocycles. The van der Waals surface area contributed by atoms with Crippen molar-refractivity contribution < 1.29 is 47.8 Å². The molecule has 0 rings (SSSR count). The monoisotopic (exact) mass is 482 g/mol. The lowest BCUT2D eigenvalue weighted by atomic mass is 10.1. The molecule has 0 aliphatic heterocycles. The number of phosphoric acid groups is 1. The van der Waals surface area contributed by atoms with E-state index in [1.165, 1.54) is 0 Å². The lowest BCUT2D eigenvalue weighted by Crippen LogP contribution is -2.28. The molecule has 3 N–H and O–H groups in total. The molecule has 0 aromatic carbocycles. The van der Waals surface area contributed by atoms with E-state index >= 15 is 0 Å². The van der Waals surface area contributed by atoms with Crippen LogP contribution in [0.4, 0.5) is 0 Å². The van der Waals surface area contributed by atoms with Crippen molar-refractivity contribution in [3.05, 3.63) is 12.2 Å². The summed E-state index contributed by atoms with van der Waals surface area (Å²) in [4.78, 5) is 32.4. The van der Waals surface area contributed by atoms with E-state index in [0.29, 0.717) is 6.42 Å². The van der Waals surface area contributed by atoms with Gasteiger partial charge in [-0.05, 0) is 25.7 Å². The van der Waals surface area contributed by atoms with Gasteiger partial charge in [-0.1, -0.05) is 44.8 Å². The Morgan fingerprint density at radius 1 is 0.875 bits per heavy atom. The first kappa shape index (κ1) is 30.7. The third-order valence-corrected chi connectivity index (χ3v) is 5.21. The highest BCUT2D eigenvalue weighted by molar-refractivity contribution is 7.47. The second-order valence-corrected chi connectivity index (χ2v) is 8.79. The molecule has 0 amide bonds. The third-order valence-electron chi connectivity index (χ3n) is 4.26. The van der Waals surface area contributed by atoms with Gasteiger partial charge in [0.2, 0.25) is 0 Å². The van der Waals surface area contributed by atoms with E-state index in [1.807, 2.05) is 0 Å². The maximum atomic E-state index is 11.9. The van der Waals surface area contributed by atoms with E-state index in [4.69, 9.17) is 14.4 Å². The number of esters is 2. The molecule has 3 atom stereocenters. The van der Waals surface area contributed by atoms with Crippen molar-refractivity contribution in [2.45, 2.75) is 83.8 Å². The molecular formula is C21H39O10P. The third kappa shape index (κ3) is 18.3. The first-order chi connectivity index (χ1) is 15.2. The van der Waals surface area contributed by atoms with Crippen molar-refractivity contribution in [1.29, 1.82) is 0 Å². The molecule has 0 aromatic rings. The molecular weight excluding hydrogens is 443 g/mol. The summed E-state index contributed by atoms with van der Waals surface area (Å²) in [5.74, 6) is -1.22. The number of aliphatic hydroxyl groups is 2. The minimum Gasteiger partial charge on any atom is -0.458 e. The quantitative estimate of drug-likeness (QED) is 0.102. The van der Waals surface area contributed by atoms with Crippen LogP contribution in [0.1, 0.15) is 71.6 Å². The minimum atomic E-state index is -4.57. The topological polar surface area (TPSA) is 149 Å². The van der Waals surface area contributed by atoms with Gasteiger partial charge in [0.05, 0.1) is 26.4 Å². The number of rotatable bonds is 20. The highest BCUT2D eigenvalue weighted by Gasteiger charge is 2.27. The van der Waals surface area contributed by atoms with Crippen molar-refractivity contribution in [1.82, 2.24) is 0 Å². The Labute approximate surface area is 190 Å². The second-order valence-electron chi connectivity index (χ2n) is 7.34. The fourth-order valence-electron chi connectivity index (χ4n) is 2.58. The number of carbonyl (C=O) groups excluding carboxylic acids is 2. The van der Waals surface area contributed by atoms with E-state index in [-0.39, 0.29) is 6.42 Å². The highest BCUT2D eigenvalue weighted by Crippen LogP contribution is 2.43. The predicted molar refractivity (Wildman–Crippen MR) is 118 cm³/mol. The smallest absolute Gasteiger partial charge is 0.458 e. The molecule has 0 spiro atoms. The summed E-state index contributed by atoms with van der Waals surface area (Å²) in [6, 6.07) is 0. The van der Waals surface area contributed by atoms with E-state index in [1.54, 1.807) is 0 Å². The van der Waals surface area contributed by atoms with Gasteiger partial charge in [0, 0.05) is 13.3 Å². The van der Waals surface area contributed by atoms with Crippen LogP contribution in [-0.2, 0) is 32.7 Å². The van der Waals surface area contributed by atoms with Gasteiger partial charge < -0.3 is 24.6 Å². The van der Waals surface area contributed by atoms with Gasteiger partial charge in [0.1, 0.15) is 12.2 Å². The van der Waals surface area contributed by atoms with E-state index in [0.717, 1.165) is 51.9 Å². The Morgan fingerprint density at radius 2 is 1.41 bits per heavy atom. The van der Waals surface area contributed by atoms with E-state index in [9.17, 15) is 24.2 Å². The van der Waals surface area contributed by atoms with Crippen molar-refractivity contribution in [2.24, 2.45) is 0 Å². The standard InChI is InChI=1S/C21H39O10P/c1-3-4-5-6-7-8-9-10-11-12-13-21(25)31-20(15-23)17-29-32(26,27)28-16-19(14-22)30-18(2)24/h5-6,19-20,22-23H,3-4,7-17H2,1-2H3,(H,26,27)/b6-5-. The molecule has 10 nitrogen and oxygen atoms in total. The predicted octanol–water partition coefficient (Wildman–Crippen LogP) is 3.04. The molecule has 0 aromatic heterocycles. The SMILES string of the molecule is CCC/C=C\CCCCCCCC(=O)OC(CO)COP(=O)(O)OCC(CO)OC(C)=O. The average molecular weight is 483 g/mol. The number of ether oxygens (including phenoxy) is 2. The van der Waals surface area contributed by atoms with Crippen molar-refractivity contribution in [3.8, 4) is 0 Å². The van der Waals surface area contributed by atoms with Crippen LogP contribution in [0.15, 0.2) is 12.2 Å². The molecule has 188 valence electrons. The summed E-state index contributed by atoms with van der Waals surface area (Å²) in [7, 11) is -4.57. The van der Waals surface area contributed by atoms with E-state index < -0.39 is 58.4 Å². The van der Waals surface area contributed by atoms with E-state index in [2.05, 4.69) is 28.3 Å². The van der Waals surface area contributed by atoms with Crippen LogP contribution in [0.3, 0.4) is 0 Å². The fourth-order valence-corrected chi connectivity index (χ4v) is 3.37. The molecule has 11 heteroatoms. The summed E-state index contributed by atoms with van der Waals surface area (Å²) in [5, 5.41) is 18.3. The molecule has 0 radical (unpaired) electrons. The number of allylic oxidation sites excluding steroid dienone is 2. The fraction of sp³-hybridized carbons (Fsp3) is 0.810. The van der Waals surface area contributed by atoms with Crippen LogP contribution in [0.25, 0.3) is 0 Å².